The van der Waals surface area contributed by atoms with Crippen molar-refractivity contribution in [2.75, 3.05) is 31.2 Å². The minimum Gasteiger partial charge on any atom is -0.378 e. The first-order valence-electron chi connectivity index (χ1n) is 8.54. The van der Waals surface area contributed by atoms with Gasteiger partial charge in [0.1, 0.15) is 5.69 Å². The summed E-state index contributed by atoms with van der Waals surface area (Å²) in [6.45, 7) is 6.99. The molecular weight excluding hydrogens is 328 g/mol. The topological polar surface area (TPSA) is 83.6 Å². The molecule has 24 heavy (non-hydrogen) atoms. The van der Waals surface area contributed by atoms with Gasteiger partial charge in [-0.05, 0) is 12.8 Å². The molecule has 0 radical (unpaired) electrons. The van der Waals surface area contributed by atoms with Crippen LogP contribution in [0.1, 0.15) is 50.0 Å². The maximum atomic E-state index is 12.1. The molecule has 0 aliphatic carbocycles. The molecule has 2 amide bonds. The summed E-state index contributed by atoms with van der Waals surface area (Å²) in [5, 5.41) is 2.52. The average molecular weight is 354 g/mol. The monoisotopic (exact) mass is 354 g/mol. The molecule has 1 aromatic heterocycles. The number of unbranched alkanes of at least 4 members (excludes halogenated alkanes) is 1. The van der Waals surface area contributed by atoms with E-state index >= 15 is 0 Å². The molecule has 1 aliphatic heterocycles. The summed E-state index contributed by atoms with van der Waals surface area (Å²) in [6.07, 6.45) is 3.67. The number of amides is 2. The number of morpholine rings is 1. The van der Waals surface area contributed by atoms with Gasteiger partial charge in [0.05, 0.1) is 13.2 Å². The summed E-state index contributed by atoms with van der Waals surface area (Å²) in [5.74, 6) is -0.586. The van der Waals surface area contributed by atoms with Crippen molar-refractivity contribution in [3.05, 3.63) is 11.1 Å². The maximum absolute atomic E-state index is 12.1. The van der Waals surface area contributed by atoms with Crippen molar-refractivity contribution in [2.24, 2.45) is 5.92 Å². The van der Waals surface area contributed by atoms with Gasteiger partial charge in [0.15, 0.2) is 5.13 Å². The Hall–Kier alpha value is -1.67. The van der Waals surface area contributed by atoms with Gasteiger partial charge in [-0.3, -0.25) is 20.4 Å². The number of carbonyl (C=O) groups excluding carboxylic acids is 2. The van der Waals surface area contributed by atoms with Gasteiger partial charge in [-0.1, -0.05) is 26.7 Å². The molecule has 7 nitrogen and oxygen atoms in total. The highest BCUT2D eigenvalue weighted by molar-refractivity contribution is 7.13. The number of carbonyl (C=O) groups is 2. The van der Waals surface area contributed by atoms with E-state index in [1.807, 2.05) is 6.92 Å². The molecule has 1 fully saturated rings. The average Bonchev–Trinajstić information content (AvgIpc) is 3.11. The fourth-order valence-electron chi connectivity index (χ4n) is 2.52. The smallest absolute Gasteiger partial charge is 0.289 e. The minimum absolute atomic E-state index is 0.0652. The standard InChI is InChI=1S/C16H26N4O3S/c1-3-5-6-12(4-2)14(21)18-19-15(22)13-11-24-16(17-13)20-7-9-23-10-8-20/h11-12H,3-10H2,1-2H3,(H,18,21)(H,19,22). The molecule has 2 rings (SSSR count). The normalized spacial score (nSPS) is 15.8. The molecule has 1 unspecified atom stereocenters. The predicted molar refractivity (Wildman–Crippen MR) is 94.1 cm³/mol. The summed E-state index contributed by atoms with van der Waals surface area (Å²) in [7, 11) is 0. The summed E-state index contributed by atoms with van der Waals surface area (Å²) in [4.78, 5) is 30.7. The van der Waals surface area contributed by atoms with Gasteiger partial charge in [0, 0.05) is 24.4 Å². The van der Waals surface area contributed by atoms with Crippen molar-refractivity contribution in [2.45, 2.75) is 39.5 Å². The Morgan fingerprint density at radius 2 is 2.08 bits per heavy atom. The van der Waals surface area contributed by atoms with Crippen LogP contribution in [-0.2, 0) is 9.53 Å². The van der Waals surface area contributed by atoms with Crippen molar-refractivity contribution >= 4 is 28.3 Å². The zero-order valence-electron chi connectivity index (χ0n) is 14.3. The van der Waals surface area contributed by atoms with Crippen LogP contribution in [0.5, 0.6) is 0 Å². The van der Waals surface area contributed by atoms with E-state index in [1.54, 1.807) is 5.38 Å². The molecule has 0 spiro atoms. The van der Waals surface area contributed by atoms with E-state index in [0.29, 0.717) is 18.9 Å². The number of ether oxygens (including phenoxy) is 1. The fourth-order valence-corrected chi connectivity index (χ4v) is 3.38. The first-order chi connectivity index (χ1) is 11.7. The number of hydrogen-bond acceptors (Lipinski definition) is 6. The molecule has 0 bridgehead atoms. The number of rotatable bonds is 7. The second-order valence-electron chi connectivity index (χ2n) is 5.81. The van der Waals surface area contributed by atoms with E-state index in [-0.39, 0.29) is 17.7 Å². The highest BCUT2D eigenvalue weighted by Gasteiger charge is 2.19. The Morgan fingerprint density at radius 3 is 2.75 bits per heavy atom. The first kappa shape index (κ1) is 18.7. The molecule has 2 N–H and O–H groups in total. The van der Waals surface area contributed by atoms with Crippen LogP contribution in [0.3, 0.4) is 0 Å². The number of aromatic nitrogens is 1. The molecule has 1 atom stereocenters. The van der Waals surface area contributed by atoms with Crippen LogP contribution in [0, 0.1) is 5.92 Å². The third-order valence-corrected chi connectivity index (χ3v) is 4.98. The van der Waals surface area contributed by atoms with E-state index < -0.39 is 0 Å². The Bertz CT molecular complexity index is 543. The molecule has 0 saturated carbocycles. The number of thiazole rings is 1. The van der Waals surface area contributed by atoms with Crippen molar-refractivity contribution in [1.82, 2.24) is 15.8 Å². The second-order valence-corrected chi connectivity index (χ2v) is 6.64. The van der Waals surface area contributed by atoms with E-state index in [1.165, 1.54) is 11.3 Å². The van der Waals surface area contributed by atoms with Gasteiger partial charge in [-0.15, -0.1) is 11.3 Å². The highest BCUT2D eigenvalue weighted by atomic mass is 32.1. The van der Waals surface area contributed by atoms with Crippen molar-refractivity contribution in [1.29, 1.82) is 0 Å². The fraction of sp³-hybridized carbons (Fsp3) is 0.688. The predicted octanol–water partition coefficient (Wildman–Crippen LogP) is 1.96. The van der Waals surface area contributed by atoms with Crippen LogP contribution in [-0.4, -0.2) is 43.1 Å². The summed E-state index contributed by atoms with van der Waals surface area (Å²) in [5.41, 5.74) is 5.31. The Balaban J connectivity index is 1.83. The van der Waals surface area contributed by atoms with E-state index in [4.69, 9.17) is 4.74 Å². The molecule has 1 aromatic rings. The van der Waals surface area contributed by atoms with Crippen molar-refractivity contribution < 1.29 is 14.3 Å². The molecule has 0 aromatic carbocycles. The van der Waals surface area contributed by atoms with Gasteiger partial charge in [-0.2, -0.15) is 0 Å². The third kappa shape index (κ3) is 5.17. The number of anilines is 1. The van der Waals surface area contributed by atoms with Gasteiger partial charge < -0.3 is 9.64 Å². The van der Waals surface area contributed by atoms with Gasteiger partial charge in [0.2, 0.25) is 5.91 Å². The molecule has 1 aliphatic rings. The summed E-state index contributed by atoms with van der Waals surface area (Å²) < 4.78 is 5.31. The zero-order chi connectivity index (χ0) is 17.4. The van der Waals surface area contributed by atoms with Crippen LogP contribution in [0.2, 0.25) is 0 Å². The first-order valence-corrected chi connectivity index (χ1v) is 9.42. The number of nitrogens with one attached hydrogen (secondary N) is 2. The SMILES string of the molecule is CCCCC(CC)C(=O)NNC(=O)c1csc(N2CCOCC2)n1. The molecular formula is C16H26N4O3S. The lowest BCUT2D eigenvalue weighted by atomic mass is 9.99. The molecule has 8 heteroatoms. The zero-order valence-corrected chi connectivity index (χ0v) is 15.2. The van der Waals surface area contributed by atoms with Gasteiger partial charge in [-0.25, -0.2) is 4.98 Å². The second kappa shape index (κ2) is 9.58. The summed E-state index contributed by atoms with van der Waals surface area (Å²) >= 11 is 1.43. The van der Waals surface area contributed by atoms with E-state index in [9.17, 15) is 9.59 Å². The molecule has 134 valence electrons. The number of nitrogens with zero attached hydrogens (tertiary/aromatic N) is 2. The van der Waals surface area contributed by atoms with Crippen molar-refractivity contribution in [3.63, 3.8) is 0 Å². The van der Waals surface area contributed by atoms with Crippen LogP contribution < -0.4 is 15.8 Å². The van der Waals surface area contributed by atoms with Crippen LogP contribution in [0.15, 0.2) is 5.38 Å². The summed E-state index contributed by atoms with van der Waals surface area (Å²) in [6, 6.07) is 0. The molecule has 2 heterocycles. The number of hydrazine groups is 1. The Kier molecular flexibility index (Phi) is 7.45. The van der Waals surface area contributed by atoms with Gasteiger partial charge >= 0.3 is 0 Å². The Labute approximate surface area is 146 Å². The lowest BCUT2D eigenvalue weighted by Gasteiger charge is -2.25. The largest absolute Gasteiger partial charge is 0.378 e. The van der Waals surface area contributed by atoms with E-state index in [0.717, 1.165) is 43.9 Å². The van der Waals surface area contributed by atoms with Crippen LogP contribution in [0.4, 0.5) is 5.13 Å². The van der Waals surface area contributed by atoms with E-state index in [2.05, 4.69) is 27.7 Å². The quantitative estimate of drug-likeness (QED) is 0.731. The minimum atomic E-state index is -0.385. The maximum Gasteiger partial charge on any atom is 0.289 e. The van der Waals surface area contributed by atoms with Crippen LogP contribution >= 0.6 is 11.3 Å². The van der Waals surface area contributed by atoms with Gasteiger partial charge in [0.25, 0.3) is 5.91 Å². The lowest BCUT2D eigenvalue weighted by molar-refractivity contribution is -0.126. The van der Waals surface area contributed by atoms with Crippen molar-refractivity contribution in [3.8, 4) is 0 Å². The Morgan fingerprint density at radius 1 is 1.33 bits per heavy atom. The molecule has 1 saturated heterocycles. The third-order valence-electron chi connectivity index (χ3n) is 4.08. The lowest BCUT2D eigenvalue weighted by Crippen LogP contribution is -2.44. The number of hydrogen-bond donors (Lipinski definition) is 2. The highest BCUT2D eigenvalue weighted by Crippen LogP contribution is 2.21. The van der Waals surface area contributed by atoms with Crippen LogP contribution in [0.25, 0.3) is 0 Å².